The fraction of sp³-hybridized carbons (Fsp3) is 0.333. The molecule has 0 saturated carbocycles. The van der Waals surface area contributed by atoms with Gasteiger partial charge in [0.1, 0.15) is 0 Å². The lowest BCUT2D eigenvalue weighted by atomic mass is 9.96. The molecule has 0 aromatic heterocycles. The maximum Gasteiger partial charge on any atom is 0.0585 e. The Labute approximate surface area is 101 Å². The number of benzene rings is 2. The van der Waals surface area contributed by atoms with Crippen molar-refractivity contribution in [1.82, 2.24) is 0 Å². The molecule has 17 heavy (non-hydrogen) atoms. The summed E-state index contributed by atoms with van der Waals surface area (Å²) in [5.41, 5.74) is 10.0. The van der Waals surface area contributed by atoms with Crippen LogP contribution in [-0.2, 0) is 19.3 Å². The van der Waals surface area contributed by atoms with Gasteiger partial charge >= 0.3 is 0 Å². The average Bonchev–Trinajstić information content (AvgIpc) is 2.78. The van der Waals surface area contributed by atoms with Gasteiger partial charge in [-0.05, 0) is 46.7 Å². The Bertz CT molecular complexity index is 552. The molecule has 0 radical (unpaired) electrons. The zero-order valence-corrected chi connectivity index (χ0v) is 9.82. The van der Waals surface area contributed by atoms with E-state index in [4.69, 9.17) is 10.8 Å². The van der Waals surface area contributed by atoms with E-state index in [0.717, 1.165) is 19.3 Å². The third kappa shape index (κ3) is 1.74. The second-order valence-corrected chi connectivity index (χ2v) is 4.87. The monoisotopic (exact) mass is 227 g/mol. The second-order valence-electron chi connectivity index (χ2n) is 4.87. The lowest BCUT2D eigenvalue weighted by Crippen LogP contribution is -2.26. The molecule has 1 aliphatic rings. The van der Waals surface area contributed by atoms with Crippen LogP contribution in [-0.4, -0.2) is 17.8 Å². The molecule has 1 unspecified atom stereocenters. The highest BCUT2D eigenvalue weighted by molar-refractivity contribution is 5.93. The van der Waals surface area contributed by atoms with E-state index < -0.39 is 0 Å². The fourth-order valence-electron chi connectivity index (χ4n) is 2.83. The van der Waals surface area contributed by atoms with Crippen LogP contribution in [0.2, 0.25) is 0 Å². The van der Waals surface area contributed by atoms with Crippen molar-refractivity contribution < 1.29 is 5.11 Å². The van der Waals surface area contributed by atoms with Crippen molar-refractivity contribution in [2.24, 2.45) is 5.73 Å². The summed E-state index contributed by atoms with van der Waals surface area (Å²) in [5, 5.41) is 11.8. The first kappa shape index (κ1) is 10.8. The number of aliphatic hydroxyl groups excluding tert-OH is 1. The van der Waals surface area contributed by atoms with Crippen molar-refractivity contribution in [3.8, 4) is 0 Å². The van der Waals surface area contributed by atoms with Crippen LogP contribution >= 0.6 is 0 Å². The molecule has 3 rings (SSSR count). The molecule has 0 aliphatic heterocycles. The standard InChI is InChI=1S/C15H17NO/c16-13(9-17)8-12-7-6-11-5-4-10-2-1-3-14(12)15(10)11/h1-3,6-7,13,17H,4-5,8-9,16H2. The predicted octanol–water partition coefficient (Wildman–Crippen LogP) is 1.80. The molecule has 88 valence electrons. The molecule has 2 nitrogen and oxygen atoms in total. The van der Waals surface area contributed by atoms with Gasteiger partial charge in [-0.3, -0.25) is 0 Å². The summed E-state index contributed by atoms with van der Waals surface area (Å²) in [7, 11) is 0. The Morgan fingerprint density at radius 3 is 2.65 bits per heavy atom. The van der Waals surface area contributed by atoms with E-state index in [1.165, 1.54) is 27.5 Å². The molecule has 0 amide bonds. The van der Waals surface area contributed by atoms with Crippen molar-refractivity contribution >= 4 is 10.8 Å². The summed E-state index contributed by atoms with van der Waals surface area (Å²) in [6.45, 7) is 0.0446. The lowest BCUT2D eigenvalue weighted by molar-refractivity contribution is 0.265. The Balaban J connectivity index is 2.15. The third-order valence-electron chi connectivity index (χ3n) is 3.68. The van der Waals surface area contributed by atoms with Crippen molar-refractivity contribution in [3.63, 3.8) is 0 Å². The largest absolute Gasteiger partial charge is 0.395 e. The molecule has 0 saturated heterocycles. The Hall–Kier alpha value is -1.38. The quantitative estimate of drug-likeness (QED) is 0.840. The highest BCUT2D eigenvalue weighted by Gasteiger charge is 2.16. The molecule has 1 atom stereocenters. The van der Waals surface area contributed by atoms with Crippen LogP contribution in [0.4, 0.5) is 0 Å². The van der Waals surface area contributed by atoms with Crippen LogP contribution in [0.15, 0.2) is 30.3 Å². The van der Waals surface area contributed by atoms with Crippen molar-refractivity contribution in [2.45, 2.75) is 25.3 Å². The van der Waals surface area contributed by atoms with E-state index in [-0.39, 0.29) is 12.6 Å². The van der Waals surface area contributed by atoms with Gasteiger partial charge in [0, 0.05) is 6.04 Å². The SMILES string of the molecule is NC(CO)Cc1ccc2c3c(cccc13)CC2. The van der Waals surface area contributed by atoms with Gasteiger partial charge < -0.3 is 10.8 Å². The Morgan fingerprint density at radius 2 is 1.88 bits per heavy atom. The van der Waals surface area contributed by atoms with Crippen LogP contribution in [0, 0.1) is 0 Å². The van der Waals surface area contributed by atoms with E-state index in [1.807, 2.05) is 0 Å². The van der Waals surface area contributed by atoms with E-state index in [2.05, 4.69) is 30.3 Å². The first-order chi connectivity index (χ1) is 8.29. The second kappa shape index (κ2) is 4.13. The zero-order valence-electron chi connectivity index (χ0n) is 9.82. The van der Waals surface area contributed by atoms with Crippen LogP contribution in [0.5, 0.6) is 0 Å². The van der Waals surface area contributed by atoms with Gasteiger partial charge in [-0.2, -0.15) is 0 Å². The van der Waals surface area contributed by atoms with Crippen molar-refractivity contribution in [2.75, 3.05) is 6.61 Å². The van der Waals surface area contributed by atoms with Crippen LogP contribution in [0.3, 0.4) is 0 Å². The van der Waals surface area contributed by atoms with Gasteiger partial charge in [-0.15, -0.1) is 0 Å². The maximum atomic E-state index is 9.06. The van der Waals surface area contributed by atoms with Crippen molar-refractivity contribution in [3.05, 3.63) is 47.0 Å². The normalized spacial score (nSPS) is 15.4. The zero-order chi connectivity index (χ0) is 11.8. The summed E-state index contributed by atoms with van der Waals surface area (Å²) in [4.78, 5) is 0. The smallest absolute Gasteiger partial charge is 0.0585 e. The number of nitrogens with two attached hydrogens (primary N) is 1. The van der Waals surface area contributed by atoms with Crippen LogP contribution < -0.4 is 5.73 Å². The molecule has 2 heteroatoms. The molecular formula is C15H17NO. The van der Waals surface area contributed by atoms with Gasteiger partial charge in [-0.25, -0.2) is 0 Å². The topological polar surface area (TPSA) is 46.2 Å². The molecule has 2 aromatic rings. The number of aliphatic hydroxyl groups is 1. The fourth-order valence-corrected chi connectivity index (χ4v) is 2.83. The van der Waals surface area contributed by atoms with Gasteiger partial charge in [0.05, 0.1) is 6.61 Å². The lowest BCUT2D eigenvalue weighted by Gasteiger charge is -2.12. The summed E-state index contributed by atoms with van der Waals surface area (Å²) in [5.74, 6) is 0. The van der Waals surface area contributed by atoms with Gasteiger partial charge in [0.25, 0.3) is 0 Å². The van der Waals surface area contributed by atoms with E-state index >= 15 is 0 Å². The molecule has 0 fully saturated rings. The minimum atomic E-state index is -0.159. The highest BCUT2D eigenvalue weighted by Crippen LogP contribution is 2.32. The average molecular weight is 227 g/mol. The molecule has 3 N–H and O–H groups in total. The Kier molecular flexibility index (Phi) is 2.61. The molecule has 1 aliphatic carbocycles. The molecule has 2 aromatic carbocycles. The first-order valence-corrected chi connectivity index (χ1v) is 6.18. The Morgan fingerprint density at radius 1 is 1.12 bits per heavy atom. The van der Waals surface area contributed by atoms with Gasteiger partial charge in [-0.1, -0.05) is 30.3 Å². The van der Waals surface area contributed by atoms with Gasteiger partial charge in [0.2, 0.25) is 0 Å². The van der Waals surface area contributed by atoms with Crippen LogP contribution in [0.1, 0.15) is 16.7 Å². The highest BCUT2D eigenvalue weighted by atomic mass is 16.3. The predicted molar refractivity (Wildman–Crippen MR) is 70.1 cm³/mol. The number of aryl methyl sites for hydroxylation is 2. The molecule has 0 spiro atoms. The molecule has 0 bridgehead atoms. The van der Waals surface area contributed by atoms with E-state index in [0.29, 0.717) is 0 Å². The van der Waals surface area contributed by atoms with E-state index in [1.54, 1.807) is 0 Å². The van der Waals surface area contributed by atoms with E-state index in [9.17, 15) is 0 Å². The third-order valence-corrected chi connectivity index (χ3v) is 3.68. The number of hydrogen-bond donors (Lipinski definition) is 2. The minimum absolute atomic E-state index is 0.0446. The minimum Gasteiger partial charge on any atom is -0.395 e. The maximum absolute atomic E-state index is 9.06. The number of hydrogen-bond acceptors (Lipinski definition) is 2. The van der Waals surface area contributed by atoms with Crippen LogP contribution in [0.25, 0.3) is 10.8 Å². The summed E-state index contributed by atoms with van der Waals surface area (Å²) >= 11 is 0. The summed E-state index contributed by atoms with van der Waals surface area (Å²) < 4.78 is 0. The van der Waals surface area contributed by atoms with Crippen molar-refractivity contribution in [1.29, 1.82) is 0 Å². The first-order valence-electron chi connectivity index (χ1n) is 6.18. The summed E-state index contributed by atoms with van der Waals surface area (Å²) in [6, 6.07) is 10.7. The number of rotatable bonds is 3. The summed E-state index contributed by atoms with van der Waals surface area (Å²) in [6.07, 6.45) is 3.06. The van der Waals surface area contributed by atoms with Gasteiger partial charge in [0.15, 0.2) is 0 Å². The molecular weight excluding hydrogens is 210 g/mol. The molecule has 0 heterocycles.